The zero-order chi connectivity index (χ0) is 11.2. The summed E-state index contributed by atoms with van der Waals surface area (Å²) >= 11 is 3.51. The number of aliphatic imine (C=N–C) groups is 1. The van der Waals surface area contributed by atoms with E-state index in [1.165, 1.54) is 11.1 Å². The van der Waals surface area contributed by atoms with Gasteiger partial charge in [-0.25, -0.2) is 4.99 Å². The van der Waals surface area contributed by atoms with Gasteiger partial charge >= 0.3 is 0 Å². The number of fused-ring (bicyclic) bond motifs is 1. The van der Waals surface area contributed by atoms with Crippen molar-refractivity contribution < 1.29 is 4.74 Å². The first kappa shape index (κ1) is 10.1. The van der Waals surface area contributed by atoms with Crippen LogP contribution in [0.15, 0.2) is 27.7 Å². The van der Waals surface area contributed by atoms with Gasteiger partial charge in [0.05, 0.1) is 0 Å². The fraction of sp³-hybridized carbons (Fsp3) is 0.417. The van der Waals surface area contributed by atoms with Crippen molar-refractivity contribution >= 4 is 22.0 Å². The number of nitrogens with two attached hydrogens (primary N) is 1. The van der Waals surface area contributed by atoms with E-state index in [1.807, 2.05) is 0 Å². The van der Waals surface area contributed by atoms with Crippen LogP contribution in [0, 0.1) is 0 Å². The van der Waals surface area contributed by atoms with Gasteiger partial charge in [0.25, 0.3) is 6.02 Å². The molecule has 0 unspecified atom stereocenters. The number of ether oxygens (including phenoxy) is 1. The second-order valence-corrected chi connectivity index (χ2v) is 5.47. The number of rotatable bonds is 0. The first-order valence-corrected chi connectivity index (χ1v) is 6.22. The van der Waals surface area contributed by atoms with E-state index in [4.69, 9.17) is 10.5 Å². The molecule has 1 aliphatic carbocycles. The van der Waals surface area contributed by atoms with Crippen molar-refractivity contribution in [3.05, 3.63) is 33.8 Å². The second kappa shape index (κ2) is 3.48. The number of aryl methyl sites for hydroxylation is 1. The third-order valence-corrected chi connectivity index (χ3v) is 3.88. The standard InChI is InChI=1S/C12H13BrN2O/c13-10-2-1-8-3-4-12(6-9(8)5-10)7-16-11(14)15-12/h1-2,5H,3-4,6-7H2,(H2,14,15)/t12-/m0/s1. The van der Waals surface area contributed by atoms with Gasteiger partial charge in [0.15, 0.2) is 0 Å². The lowest BCUT2D eigenvalue weighted by Gasteiger charge is -2.30. The monoisotopic (exact) mass is 280 g/mol. The highest BCUT2D eigenvalue weighted by atomic mass is 79.9. The predicted molar refractivity (Wildman–Crippen MR) is 66.5 cm³/mol. The molecule has 0 amide bonds. The van der Waals surface area contributed by atoms with Crippen LogP contribution < -0.4 is 5.73 Å². The molecular formula is C12H13BrN2O. The highest BCUT2D eigenvalue weighted by molar-refractivity contribution is 9.10. The fourth-order valence-corrected chi connectivity index (χ4v) is 2.95. The van der Waals surface area contributed by atoms with Crippen molar-refractivity contribution in [2.24, 2.45) is 10.7 Å². The summed E-state index contributed by atoms with van der Waals surface area (Å²) in [4.78, 5) is 4.46. The molecule has 0 radical (unpaired) electrons. The van der Waals surface area contributed by atoms with Crippen LogP contribution in [0.25, 0.3) is 0 Å². The predicted octanol–water partition coefficient (Wildman–Crippen LogP) is 2.02. The molecule has 0 aromatic heterocycles. The van der Waals surface area contributed by atoms with Gasteiger partial charge in [-0.1, -0.05) is 22.0 Å². The lowest BCUT2D eigenvalue weighted by atomic mass is 9.79. The van der Waals surface area contributed by atoms with E-state index in [9.17, 15) is 0 Å². The second-order valence-electron chi connectivity index (χ2n) is 4.55. The van der Waals surface area contributed by atoms with Crippen molar-refractivity contribution in [1.82, 2.24) is 0 Å². The SMILES string of the molecule is NC1=N[C@]2(CCc3ccc(Br)cc3C2)CO1. The van der Waals surface area contributed by atoms with E-state index < -0.39 is 0 Å². The summed E-state index contributed by atoms with van der Waals surface area (Å²) in [6.45, 7) is 0.630. The average molecular weight is 281 g/mol. The maximum atomic E-state index is 5.61. The molecule has 1 aliphatic heterocycles. The molecule has 1 aromatic rings. The van der Waals surface area contributed by atoms with Gasteiger partial charge in [-0.15, -0.1) is 0 Å². The van der Waals surface area contributed by atoms with E-state index in [0.29, 0.717) is 12.6 Å². The largest absolute Gasteiger partial charge is 0.463 e. The summed E-state index contributed by atoms with van der Waals surface area (Å²) in [5, 5.41) is 0. The molecule has 4 heteroatoms. The van der Waals surface area contributed by atoms with Gasteiger partial charge in [0, 0.05) is 10.9 Å². The Morgan fingerprint density at radius 1 is 1.38 bits per heavy atom. The maximum Gasteiger partial charge on any atom is 0.282 e. The van der Waals surface area contributed by atoms with Crippen LogP contribution in [-0.4, -0.2) is 18.2 Å². The molecule has 0 saturated carbocycles. The number of nitrogens with zero attached hydrogens (tertiary/aromatic N) is 1. The van der Waals surface area contributed by atoms with Crippen molar-refractivity contribution in [1.29, 1.82) is 0 Å². The normalized spacial score (nSPS) is 27.4. The minimum Gasteiger partial charge on any atom is -0.463 e. The first-order valence-electron chi connectivity index (χ1n) is 5.42. The van der Waals surface area contributed by atoms with Gasteiger partial charge in [0.2, 0.25) is 0 Å². The highest BCUT2D eigenvalue weighted by Crippen LogP contribution is 2.35. The van der Waals surface area contributed by atoms with Crippen LogP contribution in [0.2, 0.25) is 0 Å². The number of benzene rings is 1. The Morgan fingerprint density at radius 3 is 3.00 bits per heavy atom. The van der Waals surface area contributed by atoms with Crippen LogP contribution in [0.1, 0.15) is 17.5 Å². The summed E-state index contributed by atoms with van der Waals surface area (Å²) in [5.74, 6) is 0. The van der Waals surface area contributed by atoms with E-state index in [1.54, 1.807) is 0 Å². The van der Waals surface area contributed by atoms with Gasteiger partial charge in [-0.3, -0.25) is 0 Å². The van der Waals surface area contributed by atoms with Crippen molar-refractivity contribution in [3.63, 3.8) is 0 Å². The lowest BCUT2D eigenvalue weighted by molar-refractivity contribution is 0.235. The molecule has 1 spiro atoms. The summed E-state index contributed by atoms with van der Waals surface area (Å²) < 4.78 is 6.43. The van der Waals surface area contributed by atoms with Crippen LogP contribution >= 0.6 is 15.9 Å². The summed E-state index contributed by atoms with van der Waals surface area (Å²) in [6, 6.07) is 6.81. The number of hydrogen-bond acceptors (Lipinski definition) is 3. The van der Waals surface area contributed by atoms with Gasteiger partial charge in [0.1, 0.15) is 12.1 Å². The van der Waals surface area contributed by atoms with Crippen LogP contribution in [0.5, 0.6) is 0 Å². The van der Waals surface area contributed by atoms with Gasteiger partial charge < -0.3 is 10.5 Å². The average Bonchev–Trinajstić information content (AvgIpc) is 2.59. The zero-order valence-corrected chi connectivity index (χ0v) is 10.5. The number of amidine groups is 1. The topological polar surface area (TPSA) is 47.6 Å². The first-order chi connectivity index (χ1) is 7.67. The Morgan fingerprint density at radius 2 is 2.25 bits per heavy atom. The Hall–Kier alpha value is -1.03. The van der Waals surface area contributed by atoms with E-state index in [-0.39, 0.29) is 5.54 Å². The Bertz CT molecular complexity index is 472. The molecule has 16 heavy (non-hydrogen) atoms. The Balaban J connectivity index is 1.97. The number of halogens is 1. The minimum atomic E-state index is -0.0993. The molecule has 2 N–H and O–H groups in total. The van der Waals surface area contributed by atoms with Gasteiger partial charge in [-0.05, 0) is 36.1 Å². The maximum absolute atomic E-state index is 5.61. The van der Waals surface area contributed by atoms with Crippen molar-refractivity contribution in [3.8, 4) is 0 Å². The molecule has 3 nitrogen and oxygen atoms in total. The lowest BCUT2D eigenvalue weighted by Crippen LogP contribution is -2.35. The molecule has 0 fully saturated rings. The Labute approximate surface area is 103 Å². The smallest absolute Gasteiger partial charge is 0.282 e. The Kier molecular flexibility index (Phi) is 2.21. The van der Waals surface area contributed by atoms with Crippen LogP contribution in [0.4, 0.5) is 0 Å². The molecular weight excluding hydrogens is 268 g/mol. The zero-order valence-electron chi connectivity index (χ0n) is 8.87. The quantitative estimate of drug-likeness (QED) is 0.791. The molecule has 1 heterocycles. The van der Waals surface area contributed by atoms with Gasteiger partial charge in [-0.2, -0.15) is 0 Å². The van der Waals surface area contributed by atoms with Crippen LogP contribution in [-0.2, 0) is 17.6 Å². The van der Waals surface area contributed by atoms with Crippen LogP contribution in [0.3, 0.4) is 0 Å². The third kappa shape index (κ3) is 1.61. The van der Waals surface area contributed by atoms with Crippen molar-refractivity contribution in [2.75, 3.05) is 6.61 Å². The molecule has 0 bridgehead atoms. The number of hydrogen-bond donors (Lipinski definition) is 1. The summed E-state index contributed by atoms with van der Waals surface area (Å²) in [5.41, 5.74) is 8.30. The molecule has 1 atom stereocenters. The molecule has 3 rings (SSSR count). The highest BCUT2D eigenvalue weighted by Gasteiger charge is 2.39. The fourth-order valence-electron chi connectivity index (χ4n) is 2.54. The molecule has 0 saturated heterocycles. The molecule has 2 aliphatic rings. The van der Waals surface area contributed by atoms with E-state index in [0.717, 1.165) is 23.7 Å². The molecule has 1 aromatic carbocycles. The summed E-state index contributed by atoms with van der Waals surface area (Å²) in [7, 11) is 0. The van der Waals surface area contributed by atoms with Crippen molar-refractivity contribution in [2.45, 2.75) is 24.8 Å². The third-order valence-electron chi connectivity index (χ3n) is 3.38. The van der Waals surface area contributed by atoms with E-state index >= 15 is 0 Å². The van der Waals surface area contributed by atoms with E-state index in [2.05, 4.69) is 39.1 Å². The minimum absolute atomic E-state index is 0.0993. The summed E-state index contributed by atoms with van der Waals surface area (Å²) in [6.07, 6.45) is 3.02. The molecule has 84 valence electrons.